The second kappa shape index (κ2) is 9.84. The van der Waals surface area contributed by atoms with Crippen molar-refractivity contribution in [3.8, 4) is 11.5 Å². The van der Waals surface area contributed by atoms with E-state index in [0.717, 1.165) is 16.7 Å². The van der Waals surface area contributed by atoms with Crippen LogP contribution < -0.4 is 20.5 Å². The second-order valence-corrected chi connectivity index (χ2v) is 7.03. The fraction of sp³-hybridized carbons (Fsp3) is 0.318. The number of nitrogens with two attached hydrogens (primary N) is 1. The summed E-state index contributed by atoms with van der Waals surface area (Å²) < 4.78 is 15.9. The summed E-state index contributed by atoms with van der Waals surface area (Å²) in [5.41, 5.74) is 8.21. The molecule has 3 amide bonds. The van der Waals surface area contributed by atoms with Crippen molar-refractivity contribution < 1.29 is 28.6 Å². The lowest BCUT2D eigenvalue weighted by Gasteiger charge is -2.29. The van der Waals surface area contributed by atoms with Crippen LogP contribution in [0.4, 0.5) is 4.79 Å². The van der Waals surface area contributed by atoms with Gasteiger partial charge in [0.2, 0.25) is 0 Å². The van der Waals surface area contributed by atoms with E-state index in [0.29, 0.717) is 36.6 Å². The first-order valence-corrected chi connectivity index (χ1v) is 9.72. The normalized spacial score (nSPS) is 12.5. The van der Waals surface area contributed by atoms with Crippen molar-refractivity contribution in [3.63, 3.8) is 0 Å². The summed E-state index contributed by atoms with van der Waals surface area (Å²) in [5, 5.41) is 2.47. The summed E-state index contributed by atoms with van der Waals surface area (Å²) in [7, 11) is 3.15. The number of benzene rings is 2. The van der Waals surface area contributed by atoms with Gasteiger partial charge in [0.1, 0.15) is 0 Å². The molecule has 0 saturated heterocycles. The molecule has 2 aromatic rings. The number of carbonyl (C=O) groups excluding carboxylic acids is 3. The summed E-state index contributed by atoms with van der Waals surface area (Å²) >= 11 is 0. The van der Waals surface area contributed by atoms with Crippen molar-refractivity contribution >= 4 is 17.9 Å². The number of ether oxygens (including phenoxy) is 3. The van der Waals surface area contributed by atoms with Gasteiger partial charge in [-0.2, -0.15) is 0 Å². The Kier molecular flexibility index (Phi) is 6.96. The average molecular weight is 427 g/mol. The van der Waals surface area contributed by atoms with Gasteiger partial charge in [0.25, 0.3) is 5.91 Å². The Balaban J connectivity index is 1.55. The second-order valence-electron chi connectivity index (χ2n) is 7.03. The SMILES string of the molecule is COc1cc2c(cc1OC)CN(C(=O)COC(=O)c1ccc(CNC(N)=O)cc1)CC2. The Hall–Kier alpha value is -3.75. The van der Waals surface area contributed by atoms with Gasteiger partial charge in [-0.25, -0.2) is 9.59 Å². The topological polar surface area (TPSA) is 120 Å². The van der Waals surface area contributed by atoms with Crippen LogP contribution in [0.15, 0.2) is 36.4 Å². The Morgan fingerprint density at radius 2 is 1.68 bits per heavy atom. The Morgan fingerprint density at radius 3 is 2.29 bits per heavy atom. The fourth-order valence-corrected chi connectivity index (χ4v) is 3.35. The molecular formula is C22H25N3O6. The van der Waals surface area contributed by atoms with Crippen molar-refractivity contribution in [2.45, 2.75) is 19.5 Å². The van der Waals surface area contributed by atoms with Crippen LogP contribution in [-0.4, -0.2) is 50.2 Å². The van der Waals surface area contributed by atoms with E-state index in [4.69, 9.17) is 19.9 Å². The predicted molar refractivity (Wildman–Crippen MR) is 112 cm³/mol. The summed E-state index contributed by atoms with van der Waals surface area (Å²) in [6.45, 7) is 0.858. The third kappa shape index (κ3) is 5.44. The van der Waals surface area contributed by atoms with Crippen LogP contribution in [0.2, 0.25) is 0 Å². The quantitative estimate of drug-likeness (QED) is 0.648. The highest BCUT2D eigenvalue weighted by Gasteiger charge is 2.23. The molecule has 3 rings (SSSR count). The molecule has 9 nitrogen and oxygen atoms in total. The molecule has 31 heavy (non-hydrogen) atoms. The minimum Gasteiger partial charge on any atom is -0.493 e. The van der Waals surface area contributed by atoms with Crippen LogP contribution in [0, 0.1) is 0 Å². The number of nitrogens with zero attached hydrogens (tertiary/aromatic N) is 1. The molecule has 2 aromatic carbocycles. The van der Waals surface area contributed by atoms with Crippen molar-refractivity contribution in [1.29, 1.82) is 0 Å². The van der Waals surface area contributed by atoms with E-state index in [1.165, 1.54) is 0 Å². The van der Waals surface area contributed by atoms with E-state index in [1.54, 1.807) is 43.4 Å². The molecule has 0 radical (unpaired) electrons. The van der Waals surface area contributed by atoms with Crippen LogP contribution in [0.1, 0.15) is 27.0 Å². The first-order valence-electron chi connectivity index (χ1n) is 9.72. The van der Waals surface area contributed by atoms with E-state index in [9.17, 15) is 14.4 Å². The number of carbonyl (C=O) groups is 3. The summed E-state index contributed by atoms with van der Waals surface area (Å²) in [4.78, 5) is 37.2. The molecule has 0 aromatic heterocycles. The van der Waals surface area contributed by atoms with E-state index >= 15 is 0 Å². The maximum atomic E-state index is 12.6. The molecule has 1 heterocycles. The Morgan fingerprint density at radius 1 is 1.03 bits per heavy atom. The van der Waals surface area contributed by atoms with Gasteiger partial charge in [-0.15, -0.1) is 0 Å². The monoisotopic (exact) mass is 427 g/mol. The van der Waals surface area contributed by atoms with Gasteiger partial charge in [-0.3, -0.25) is 4.79 Å². The molecular weight excluding hydrogens is 402 g/mol. The summed E-state index contributed by atoms with van der Waals surface area (Å²) in [5.74, 6) is 0.408. The van der Waals surface area contributed by atoms with E-state index < -0.39 is 12.0 Å². The number of hydrogen-bond acceptors (Lipinski definition) is 6. The molecule has 1 aliphatic heterocycles. The number of nitrogens with one attached hydrogen (secondary N) is 1. The number of esters is 1. The molecule has 0 spiro atoms. The minimum absolute atomic E-state index is 0.260. The van der Waals surface area contributed by atoms with Crippen molar-refractivity contribution in [2.75, 3.05) is 27.4 Å². The number of hydrogen-bond donors (Lipinski definition) is 2. The van der Waals surface area contributed by atoms with Gasteiger partial charge in [0.05, 0.1) is 19.8 Å². The lowest BCUT2D eigenvalue weighted by Crippen LogP contribution is -2.38. The summed E-state index contributed by atoms with van der Waals surface area (Å²) in [6.07, 6.45) is 0.677. The van der Waals surface area contributed by atoms with Gasteiger partial charge >= 0.3 is 12.0 Å². The van der Waals surface area contributed by atoms with Crippen molar-refractivity contribution in [1.82, 2.24) is 10.2 Å². The van der Waals surface area contributed by atoms with Gasteiger partial charge in [0, 0.05) is 19.6 Å². The Labute approximate surface area is 180 Å². The standard InChI is InChI=1S/C22H25N3O6/c1-29-18-9-16-7-8-25(12-17(16)10-19(18)30-2)20(26)13-31-21(27)15-5-3-14(4-6-15)11-24-22(23)28/h3-6,9-10H,7-8,11-13H2,1-2H3,(H3,23,24,28). The molecule has 0 saturated carbocycles. The number of methoxy groups -OCH3 is 2. The zero-order chi connectivity index (χ0) is 22.4. The van der Waals surface area contributed by atoms with Crippen LogP contribution in [0.5, 0.6) is 11.5 Å². The summed E-state index contributed by atoms with van der Waals surface area (Å²) in [6, 6.07) is 9.67. The highest BCUT2D eigenvalue weighted by molar-refractivity contribution is 5.91. The number of primary amides is 1. The average Bonchev–Trinajstić information content (AvgIpc) is 2.79. The minimum atomic E-state index is -0.625. The van der Waals surface area contributed by atoms with E-state index in [-0.39, 0.29) is 19.1 Å². The molecule has 9 heteroatoms. The van der Waals surface area contributed by atoms with Crippen LogP contribution in [0.25, 0.3) is 0 Å². The number of rotatable bonds is 7. The van der Waals surface area contributed by atoms with E-state index in [1.807, 2.05) is 12.1 Å². The zero-order valence-electron chi connectivity index (χ0n) is 17.5. The van der Waals surface area contributed by atoms with Crippen molar-refractivity contribution in [3.05, 3.63) is 58.7 Å². The smallest absolute Gasteiger partial charge is 0.338 e. The number of amides is 3. The molecule has 0 fully saturated rings. The van der Waals surface area contributed by atoms with Crippen molar-refractivity contribution in [2.24, 2.45) is 5.73 Å². The lowest BCUT2D eigenvalue weighted by molar-refractivity contribution is -0.135. The number of urea groups is 1. The zero-order valence-corrected chi connectivity index (χ0v) is 17.5. The number of fused-ring (bicyclic) bond motifs is 1. The first kappa shape index (κ1) is 21.9. The maximum Gasteiger partial charge on any atom is 0.338 e. The van der Waals surface area contributed by atoms with E-state index in [2.05, 4.69) is 5.32 Å². The van der Waals surface area contributed by atoms with Gasteiger partial charge < -0.3 is 30.2 Å². The molecule has 164 valence electrons. The highest BCUT2D eigenvalue weighted by atomic mass is 16.5. The Bertz CT molecular complexity index is 974. The molecule has 0 unspecified atom stereocenters. The molecule has 0 bridgehead atoms. The van der Waals surface area contributed by atoms with Crippen LogP contribution in [0.3, 0.4) is 0 Å². The lowest BCUT2D eigenvalue weighted by atomic mass is 9.99. The predicted octanol–water partition coefficient (Wildman–Crippen LogP) is 1.61. The fourth-order valence-electron chi connectivity index (χ4n) is 3.35. The van der Waals surface area contributed by atoms with Gasteiger partial charge in [-0.05, 0) is 47.4 Å². The van der Waals surface area contributed by atoms with Crippen LogP contribution >= 0.6 is 0 Å². The maximum absolute atomic E-state index is 12.6. The van der Waals surface area contributed by atoms with Gasteiger partial charge in [-0.1, -0.05) is 12.1 Å². The largest absolute Gasteiger partial charge is 0.493 e. The molecule has 1 aliphatic rings. The molecule has 0 atom stereocenters. The first-order chi connectivity index (χ1) is 14.9. The third-order valence-electron chi connectivity index (χ3n) is 5.05. The van der Waals surface area contributed by atoms with Gasteiger partial charge in [0.15, 0.2) is 18.1 Å². The van der Waals surface area contributed by atoms with Crippen LogP contribution in [-0.2, 0) is 29.0 Å². The molecule has 0 aliphatic carbocycles. The third-order valence-corrected chi connectivity index (χ3v) is 5.05. The highest BCUT2D eigenvalue weighted by Crippen LogP contribution is 2.33. The molecule has 3 N–H and O–H groups in total.